The van der Waals surface area contributed by atoms with Gasteiger partial charge < -0.3 is 5.73 Å². The number of hydrogen-bond donors (Lipinski definition) is 1. The highest BCUT2D eigenvalue weighted by Gasteiger charge is 2.08. The first kappa shape index (κ1) is 10.4. The van der Waals surface area contributed by atoms with Crippen LogP contribution in [0, 0.1) is 11.3 Å². The number of aromatic nitrogens is 3. The molecule has 0 bridgehead atoms. The highest BCUT2D eigenvalue weighted by Crippen LogP contribution is 2.29. The van der Waals surface area contributed by atoms with E-state index in [2.05, 4.69) is 15.0 Å². The zero-order chi connectivity index (χ0) is 11.4. The van der Waals surface area contributed by atoms with E-state index in [0.717, 1.165) is 0 Å². The van der Waals surface area contributed by atoms with Gasteiger partial charge in [-0.3, -0.25) is 4.98 Å². The summed E-state index contributed by atoms with van der Waals surface area (Å²) in [5.74, 6) is 0. The standard InChI is InChI=1S/C10H7N5S/c11-5-7-1-2-15-10(9(7)12)16-8-6-13-3-4-14-8/h1-4,6H,12H2. The summed E-state index contributed by atoms with van der Waals surface area (Å²) in [4.78, 5) is 12.1. The van der Waals surface area contributed by atoms with Crippen molar-refractivity contribution in [1.82, 2.24) is 15.0 Å². The van der Waals surface area contributed by atoms with Gasteiger partial charge in [-0.2, -0.15) is 5.26 Å². The summed E-state index contributed by atoms with van der Waals surface area (Å²) in [6.07, 6.45) is 6.34. The molecule has 2 rings (SSSR count). The van der Waals surface area contributed by atoms with E-state index in [1.54, 1.807) is 30.9 Å². The molecule has 0 aliphatic heterocycles. The van der Waals surface area contributed by atoms with Crippen LogP contribution in [0.1, 0.15) is 5.56 Å². The van der Waals surface area contributed by atoms with Gasteiger partial charge in [0, 0.05) is 18.6 Å². The molecule has 0 amide bonds. The molecule has 2 aromatic rings. The predicted octanol–water partition coefficient (Wildman–Crippen LogP) is 1.48. The Kier molecular flexibility index (Phi) is 2.98. The molecule has 0 atom stereocenters. The summed E-state index contributed by atoms with van der Waals surface area (Å²) in [7, 11) is 0. The molecule has 2 aromatic heterocycles. The SMILES string of the molecule is N#Cc1ccnc(Sc2cnccn2)c1N. The second kappa shape index (κ2) is 4.59. The van der Waals surface area contributed by atoms with Gasteiger partial charge in [0.1, 0.15) is 16.1 Å². The summed E-state index contributed by atoms with van der Waals surface area (Å²) < 4.78 is 0. The van der Waals surface area contributed by atoms with E-state index in [9.17, 15) is 0 Å². The molecule has 0 unspecified atom stereocenters. The molecule has 2 heterocycles. The highest BCUT2D eigenvalue weighted by atomic mass is 32.2. The lowest BCUT2D eigenvalue weighted by atomic mass is 10.2. The van der Waals surface area contributed by atoms with E-state index in [1.807, 2.05) is 6.07 Å². The number of nitriles is 1. The summed E-state index contributed by atoms with van der Waals surface area (Å²) in [5.41, 5.74) is 6.58. The lowest BCUT2D eigenvalue weighted by Gasteiger charge is -2.03. The summed E-state index contributed by atoms with van der Waals surface area (Å²) in [6, 6.07) is 3.59. The highest BCUT2D eigenvalue weighted by molar-refractivity contribution is 7.99. The fraction of sp³-hybridized carbons (Fsp3) is 0. The van der Waals surface area contributed by atoms with Crippen LogP contribution in [-0.4, -0.2) is 15.0 Å². The summed E-state index contributed by atoms with van der Waals surface area (Å²) in [5, 5.41) is 10.1. The first-order chi connectivity index (χ1) is 7.81. The van der Waals surface area contributed by atoms with Gasteiger partial charge in [0.2, 0.25) is 0 Å². The third kappa shape index (κ3) is 2.10. The van der Waals surface area contributed by atoms with Crippen molar-refractivity contribution >= 4 is 17.4 Å². The Balaban J connectivity index is 2.33. The van der Waals surface area contributed by atoms with Crippen LogP contribution in [0.15, 0.2) is 40.9 Å². The van der Waals surface area contributed by atoms with Crippen LogP contribution in [-0.2, 0) is 0 Å². The molecule has 78 valence electrons. The Morgan fingerprint density at radius 2 is 2.12 bits per heavy atom. The molecule has 0 saturated carbocycles. The van der Waals surface area contributed by atoms with Crippen LogP contribution in [0.5, 0.6) is 0 Å². The smallest absolute Gasteiger partial charge is 0.127 e. The van der Waals surface area contributed by atoms with Gasteiger partial charge in [-0.25, -0.2) is 9.97 Å². The minimum absolute atomic E-state index is 0.376. The molecule has 16 heavy (non-hydrogen) atoms. The largest absolute Gasteiger partial charge is 0.395 e. The molecule has 5 nitrogen and oxygen atoms in total. The average molecular weight is 229 g/mol. The number of nitrogens with zero attached hydrogens (tertiary/aromatic N) is 4. The van der Waals surface area contributed by atoms with Crippen molar-refractivity contribution in [2.24, 2.45) is 0 Å². The van der Waals surface area contributed by atoms with Gasteiger partial charge in [-0.15, -0.1) is 0 Å². The molecule has 0 aliphatic carbocycles. The van der Waals surface area contributed by atoms with E-state index < -0.39 is 0 Å². The van der Waals surface area contributed by atoms with Crippen LogP contribution in [0.25, 0.3) is 0 Å². The summed E-state index contributed by atoms with van der Waals surface area (Å²) >= 11 is 1.28. The number of pyridine rings is 1. The molecule has 0 fully saturated rings. The zero-order valence-corrected chi connectivity index (χ0v) is 8.98. The number of nitrogen functional groups attached to an aromatic ring is 1. The zero-order valence-electron chi connectivity index (χ0n) is 8.16. The van der Waals surface area contributed by atoms with Crippen molar-refractivity contribution in [2.75, 3.05) is 5.73 Å². The minimum Gasteiger partial charge on any atom is -0.395 e. The first-order valence-corrected chi connectivity index (χ1v) is 5.21. The third-order valence-electron chi connectivity index (χ3n) is 1.81. The Labute approximate surface area is 96.4 Å². The maximum absolute atomic E-state index is 8.81. The third-order valence-corrected chi connectivity index (χ3v) is 2.75. The van der Waals surface area contributed by atoms with Gasteiger partial charge >= 0.3 is 0 Å². The monoisotopic (exact) mass is 229 g/mol. The maximum Gasteiger partial charge on any atom is 0.127 e. The van der Waals surface area contributed by atoms with Crippen molar-refractivity contribution in [3.63, 3.8) is 0 Å². The van der Waals surface area contributed by atoms with E-state index in [-0.39, 0.29) is 0 Å². The van der Waals surface area contributed by atoms with Crippen LogP contribution >= 0.6 is 11.8 Å². The van der Waals surface area contributed by atoms with Gasteiger partial charge in [0.25, 0.3) is 0 Å². The Morgan fingerprint density at radius 3 is 2.81 bits per heavy atom. The van der Waals surface area contributed by atoms with Crippen LogP contribution in [0.4, 0.5) is 5.69 Å². The van der Waals surface area contributed by atoms with Gasteiger partial charge in [0.15, 0.2) is 0 Å². The van der Waals surface area contributed by atoms with E-state index in [4.69, 9.17) is 11.0 Å². The minimum atomic E-state index is 0.376. The molecular formula is C10H7N5S. The normalized spacial score (nSPS) is 9.69. The quantitative estimate of drug-likeness (QED) is 0.839. The van der Waals surface area contributed by atoms with Gasteiger partial charge in [0.05, 0.1) is 17.4 Å². The molecule has 0 radical (unpaired) electrons. The lowest BCUT2D eigenvalue weighted by molar-refractivity contribution is 1.04. The first-order valence-electron chi connectivity index (χ1n) is 4.39. The molecule has 0 aliphatic rings. The van der Waals surface area contributed by atoms with Gasteiger partial charge in [-0.1, -0.05) is 0 Å². The van der Waals surface area contributed by atoms with Crippen molar-refractivity contribution in [3.8, 4) is 6.07 Å². The molecule has 2 N–H and O–H groups in total. The average Bonchev–Trinajstić information content (AvgIpc) is 2.33. The predicted molar refractivity (Wildman–Crippen MR) is 59.5 cm³/mol. The molecule has 6 heteroatoms. The number of rotatable bonds is 2. The Morgan fingerprint density at radius 1 is 1.25 bits per heavy atom. The van der Waals surface area contributed by atoms with E-state index in [0.29, 0.717) is 21.3 Å². The fourth-order valence-corrected chi connectivity index (χ4v) is 1.83. The number of nitrogens with two attached hydrogens (primary N) is 1. The van der Waals surface area contributed by atoms with Crippen LogP contribution < -0.4 is 5.73 Å². The molecule has 0 spiro atoms. The van der Waals surface area contributed by atoms with Crippen LogP contribution in [0.2, 0.25) is 0 Å². The van der Waals surface area contributed by atoms with Crippen molar-refractivity contribution in [3.05, 3.63) is 36.4 Å². The van der Waals surface area contributed by atoms with E-state index >= 15 is 0 Å². The molecule has 0 saturated heterocycles. The second-order valence-electron chi connectivity index (χ2n) is 2.83. The topological polar surface area (TPSA) is 88.5 Å². The maximum atomic E-state index is 8.81. The molecular weight excluding hydrogens is 222 g/mol. The molecule has 0 aromatic carbocycles. The van der Waals surface area contributed by atoms with Crippen LogP contribution in [0.3, 0.4) is 0 Å². The van der Waals surface area contributed by atoms with E-state index in [1.165, 1.54) is 11.8 Å². The number of anilines is 1. The fourth-order valence-electron chi connectivity index (χ4n) is 1.07. The van der Waals surface area contributed by atoms with Crippen molar-refractivity contribution in [2.45, 2.75) is 10.1 Å². The van der Waals surface area contributed by atoms with Crippen molar-refractivity contribution in [1.29, 1.82) is 5.26 Å². The Bertz CT molecular complexity index is 535. The number of hydrogen-bond acceptors (Lipinski definition) is 6. The van der Waals surface area contributed by atoms with Crippen molar-refractivity contribution < 1.29 is 0 Å². The Hall–Kier alpha value is -2.13. The van der Waals surface area contributed by atoms with Gasteiger partial charge in [-0.05, 0) is 17.8 Å². The summed E-state index contributed by atoms with van der Waals surface area (Å²) in [6.45, 7) is 0. The second-order valence-corrected chi connectivity index (χ2v) is 3.84. The lowest BCUT2D eigenvalue weighted by Crippen LogP contribution is -1.95.